The van der Waals surface area contributed by atoms with Gasteiger partial charge in [0, 0.05) is 23.5 Å². The molecule has 3 aromatic rings. The normalized spacial score (nSPS) is 16.9. The Kier molecular flexibility index (Phi) is 6.82. The van der Waals surface area contributed by atoms with Crippen LogP contribution in [0.25, 0.3) is 22.4 Å². The maximum atomic E-state index is 5.85. The minimum atomic E-state index is -0.00420. The highest BCUT2D eigenvalue weighted by molar-refractivity contribution is 7.99. The molecule has 1 N–H and O–H groups in total. The first-order valence-corrected chi connectivity index (χ1v) is 11.0. The van der Waals surface area contributed by atoms with Crippen LogP contribution in [0.1, 0.15) is 25.7 Å². The van der Waals surface area contributed by atoms with Crippen molar-refractivity contribution in [3.8, 4) is 22.4 Å². The molecule has 1 unspecified atom stereocenters. The molecule has 2 aromatic carbocycles. The van der Waals surface area contributed by atoms with E-state index in [0.717, 1.165) is 54.5 Å². The highest BCUT2D eigenvalue weighted by atomic mass is 32.2. The van der Waals surface area contributed by atoms with Crippen molar-refractivity contribution in [1.29, 1.82) is 0 Å². The predicted octanol–water partition coefficient (Wildman–Crippen LogP) is 5.77. The Hall–Kier alpha value is -2.08. The van der Waals surface area contributed by atoms with E-state index in [2.05, 4.69) is 58.7 Å². The number of rotatable bonds is 8. The van der Waals surface area contributed by atoms with Gasteiger partial charge in [-0.2, -0.15) is 5.10 Å². The second-order valence-electron chi connectivity index (χ2n) is 6.88. The molecule has 146 valence electrons. The van der Waals surface area contributed by atoms with Crippen molar-refractivity contribution in [2.24, 2.45) is 0 Å². The first-order valence-electron chi connectivity index (χ1n) is 9.97. The van der Waals surface area contributed by atoms with Gasteiger partial charge in [0.2, 0.25) is 0 Å². The summed E-state index contributed by atoms with van der Waals surface area (Å²) in [4.78, 5) is 0. The molecule has 28 heavy (non-hydrogen) atoms. The molecule has 0 amide bonds. The third-order valence-electron chi connectivity index (χ3n) is 4.82. The number of ether oxygens (including phenoxy) is 2. The minimum Gasteiger partial charge on any atom is -0.353 e. The number of nitrogens with zero attached hydrogens (tertiary/aromatic N) is 1. The average molecular weight is 395 g/mol. The lowest BCUT2D eigenvalue weighted by atomic mass is 10.0. The van der Waals surface area contributed by atoms with E-state index < -0.39 is 0 Å². The van der Waals surface area contributed by atoms with Crippen molar-refractivity contribution >= 4 is 11.8 Å². The Balaban J connectivity index is 1.42. The molecule has 1 aliphatic rings. The summed E-state index contributed by atoms with van der Waals surface area (Å²) in [6.07, 6.45) is 4.36. The van der Waals surface area contributed by atoms with Crippen molar-refractivity contribution in [3.63, 3.8) is 0 Å². The third kappa shape index (κ3) is 4.85. The molecule has 0 bridgehead atoms. The van der Waals surface area contributed by atoms with Crippen LogP contribution in [0.2, 0.25) is 0 Å². The van der Waals surface area contributed by atoms with Crippen LogP contribution >= 0.6 is 11.8 Å². The van der Waals surface area contributed by atoms with Crippen molar-refractivity contribution < 1.29 is 9.47 Å². The fraction of sp³-hybridized carbons (Fsp3) is 0.348. The number of hydrogen-bond acceptors (Lipinski definition) is 4. The standard InChI is InChI=1S/C23H26N2O2S/c1-3-10-18(11-4-1)21-22(19-12-5-2-6-13-19)24-25-23(21)28-17-9-16-27-20-14-7-8-15-26-20/h1-6,10-13,20H,7-9,14-17H2,(H,24,25). The zero-order chi connectivity index (χ0) is 19.0. The number of nitrogens with one attached hydrogen (secondary N) is 1. The van der Waals surface area contributed by atoms with Gasteiger partial charge in [-0.1, -0.05) is 60.7 Å². The Morgan fingerprint density at radius 3 is 2.46 bits per heavy atom. The van der Waals surface area contributed by atoms with Gasteiger partial charge in [-0.15, -0.1) is 11.8 Å². The zero-order valence-electron chi connectivity index (χ0n) is 16.0. The SMILES string of the molecule is c1ccc(-c2n[nH]c(SCCCOC3CCCCO3)c2-c2ccccc2)cc1. The minimum absolute atomic E-state index is 0.00420. The molecule has 1 fully saturated rings. The smallest absolute Gasteiger partial charge is 0.157 e. The largest absolute Gasteiger partial charge is 0.353 e. The predicted molar refractivity (Wildman–Crippen MR) is 114 cm³/mol. The highest BCUT2D eigenvalue weighted by Gasteiger charge is 2.17. The molecule has 2 heterocycles. The average Bonchev–Trinajstić information content (AvgIpc) is 3.19. The molecule has 0 saturated carbocycles. The van der Waals surface area contributed by atoms with Crippen LogP contribution < -0.4 is 0 Å². The lowest BCUT2D eigenvalue weighted by Gasteiger charge is -2.22. The fourth-order valence-corrected chi connectivity index (χ4v) is 4.33. The van der Waals surface area contributed by atoms with Crippen LogP contribution in [0.3, 0.4) is 0 Å². The van der Waals surface area contributed by atoms with Gasteiger partial charge in [-0.25, -0.2) is 0 Å². The summed E-state index contributed by atoms with van der Waals surface area (Å²) < 4.78 is 11.5. The van der Waals surface area contributed by atoms with E-state index in [9.17, 15) is 0 Å². The molecule has 1 atom stereocenters. The summed E-state index contributed by atoms with van der Waals surface area (Å²) in [5, 5.41) is 9.01. The van der Waals surface area contributed by atoms with E-state index in [4.69, 9.17) is 9.47 Å². The van der Waals surface area contributed by atoms with Crippen molar-refractivity contribution in [1.82, 2.24) is 10.2 Å². The van der Waals surface area contributed by atoms with E-state index in [0.29, 0.717) is 0 Å². The summed E-state index contributed by atoms with van der Waals surface area (Å²) in [7, 11) is 0. The Labute approximate surface area is 170 Å². The number of benzene rings is 2. The van der Waals surface area contributed by atoms with Gasteiger partial charge in [0.1, 0.15) is 5.69 Å². The monoisotopic (exact) mass is 394 g/mol. The van der Waals surface area contributed by atoms with Crippen LogP contribution in [0.4, 0.5) is 0 Å². The highest BCUT2D eigenvalue weighted by Crippen LogP contribution is 2.37. The van der Waals surface area contributed by atoms with Gasteiger partial charge in [0.05, 0.1) is 11.6 Å². The molecule has 4 nitrogen and oxygen atoms in total. The fourth-order valence-electron chi connectivity index (χ4n) is 3.40. The molecular weight excluding hydrogens is 368 g/mol. The Morgan fingerprint density at radius 1 is 1.00 bits per heavy atom. The van der Waals surface area contributed by atoms with Gasteiger partial charge in [-0.3, -0.25) is 5.10 Å². The summed E-state index contributed by atoms with van der Waals surface area (Å²) in [6.45, 7) is 1.56. The first-order chi connectivity index (χ1) is 13.9. The summed E-state index contributed by atoms with van der Waals surface area (Å²) in [5.74, 6) is 0.975. The lowest BCUT2D eigenvalue weighted by molar-refractivity contribution is -0.162. The molecule has 5 heteroatoms. The van der Waals surface area contributed by atoms with Crippen LogP contribution in [0.5, 0.6) is 0 Å². The molecule has 0 spiro atoms. The van der Waals surface area contributed by atoms with Gasteiger partial charge >= 0.3 is 0 Å². The number of aromatic amines is 1. The van der Waals surface area contributed by atoms with Crippen LogP contribution in [-0.4, -0.2) is 35.5 Å². The maximum absolute atomic E-state index is 5.85. The molecule has 1 aliphatic heterocycles. The quantitative estimate of drug-likeness (QED) is 0.389. The van der Waals surface area contributed by atoms with Gasteiger partial charge in [-0.05, 0) is 31.2 Å². The van der Waals surface area contributed by atoms with E-state index in [1.54, 1.807) is 11.8 Å². The second kappa shape index (κ2) is 9.92. The van der Waals surface area contributed by atoms with Crippen LogP contribution in [0.15, 0.2) is 65.7 Å². The summed E-state index contributed by atoms with van der Waals surface area (Å²) >= 11 is 1.81. The third-order valence-corrected chi connectivity index (χ3v) is 5.90. The zero-order valence-corrected chi connectivity index (χ0v) is 16.8. The molecule has 0 radical (unpaired) electrons. The van der Waals surface area contributed by atoms with Gasteiger partial charge in [0.25, 0.3) is 0 Å². The Morgan fingerprint density at radius 2 is 1.75 bits per heavy atom. The van der Waals surface area contributed by atoms with E-state index in [1.165, 1.54) is 17.5 Å². The molecular formula is C23H26N2O2S. The molecule has 1 saturated heterocycles. The van der Waals surface area contributed by atoms with Gasteiger partial charge < -0.3 is 9.47 Å². The van der Waals surface area contributed by atoms with Crippen molar-refractivity contribution in [3.05, 3.63) is 60.7 Å². The number of H-pyrrole nitrogens is 1. The number of aromatic nitrogens is 2. The second-order valence-corrected chi connectivity index (χ2v) is 7.98. The number of thioether (sulfide) groups is 1. The number of hydrogen-bond donors (Lipinski definition) is 1. The Bertz CT molecular complexity index is 846. The molecule has 0 aliphatic carbocycles. The van der Waals surface area contributed by atoms with Gasteiger partial charge in [0.15, 0.2) is 6.29 Å². The van der Waals surface area contributed by atoms with E-state index in [1.807, 2.05) is 12.1 Å². The molecule has 4 rings (SSSR count). The maximum Gasteiger partial charge on any atom is 0.157 e. The summed E-state index contributed by atoms with van der Waals surface area (Å²) in [6, 6.07) is 20.8. The first kappa shape index (κ1) is 19.2. The molecule has 1 aromatic heterocycles. The summed E-state index contributed by atoms with van der Waals surface area (Å²) in [5.41, 5.74) is 4.49. The van der Waals surface area contributed by atoms with E-state index in [-0.39, 0.29) is 6.29 Å². The lowest BCUT2D eigenvalue weighted by Crippen LogP contribution is -2.22. The van der Waals surface area contributed by atoms with Crippen LogP contribution in [-0.2, 0) is 9.47 Å². The van der Waals surface area contributed by atoms with Crippen molar-refractivity contribution in [2.75, 3.05) is 19.0 Å². The van der Waals surface area contributed by atoms with Crippen LogP contribution in [0, 0.1) is 0 Å². The van der Waals surface area contributed by atoms with E-state index >= 15 is 0 Å². The topological polar surface area (TPSA) is 47.1 Å². The van der Waals surface area contributed by atoms with Crippen molar-refractivity contribution in [2.45, 2.75) is 37.0 Å².